The van der Waals surface area contributed by atoms with Crippen LogP contribution in [0.1, 0.15) is 20.8 Å². The van der Waals surface area contributed by atoms with Crippen LogP contribution in [0, 0.1) is 6.58 Å². The van der Waals surface area contributed by atoms with Crippen LogP contribution in [0.15, 0.2) is 5.70 Å². The molecule has 0 saturated heterocycles. The fraction of sp³-hybridized carbons (Fsp3) is 0.750. The molecule has 0 heterocycles. The molecular formula is C8H17Si. The van der Waals surface area contributed by atoms with Crippen LogP contribution in [-0.4, -0.2) is 8.07 Å². The van der Waals surface area contributed by atoms with E-state index in [2.05, 4.69) is 20.8 Å². The summed E-state index contributed by atoms with van der Waals surface area (Å²) in [4.78, 5) is 0. The van der Waals surface area contributed by atoms with Crippen molar-refractivity contribution in [1.29, 1.82) is 0 Å². The predicted molar refractivity (Wildman–Crippen MR) is 46.1 cm³/mol. The third kappa shape index (κ3) is 1.97. The zero-order chi connectivity index (χ0) is 7.33. The Hall–Kier alpha value is -0.0431. The van der Waals surface area contributed by atoms with Crippen molar-refractivity contribution in [3.63, 3.8) is 0 Å². The molecule has 0 spiro atoms. The lowest BCUT2D eigenvalue weighted by Gasteiger charge is -2.22. The summed E-state index contributed by atoms with van der Waals surface area (Å²) in [5, 5.41) is 0. The van der Waals surface area contributed by atoms with Crippen LogP contribution in [0.5, 0.6) is 0 Å². The van der Waals surface area contributed by atoms with Crippen LogP contribution in [-0.2, 0) is 0 Å². The topological polar surface area (TPSA) is 0 Å². The Balaban J connectivity index is 3.98. The first-order valence-corrected chi connectivity index (χ1v) is 6.50. The second-order valence-electron chi connectivity index (χ2n) is 2.59. The highest BCUT2D eigenvalue weighted by atomic mass is 28.3. The van der Waals surface area contributed by atoms with E-state index in [0.29, 0.717) is 0 Å². The summed E-state index contributed by atoms with van der Waals surface area (Å²) in [7, 11) is -1.04. The van der Waals surface area contributed by atoms with Crippen molar-refractivity contribution >= 4 is 8.07 Å². The van der Waals surface area contributed by atoms with Gasteiger partial charge < -0.3 is 0 Å². The summed E-state index contributed by atoms with van der Waals surface area (Å²) < 4.78 is 0. The molecule has 0 saturated carbocycles. The summed E-state index contributed by atoms with van der Waals surface area (Å²) in [5.74, 6) is 0. The number of hydrogen-bond acceptors (Lipinski definition) is 0. The van der Waals surface area contributed by atoms with Gasteiger partial charge in [0.15, 0.2) is 0 Å². The quantitative estimate of drug-likeness (QED) is 0.528. The monoisotopic (exact) mass is 141 g/mol. The molecule has 0 fully saturated rings. The molecule has 0 aliphatic rings. The van der Waals surface area contributed by atoms with Gasteiger partial charge in [0.1, 0.15) is 0 Å². The van der Waals surface area contributed by atoms with Crippen LogP contribution < -0.4 is 0 Å². The normalized spacial score (nSPS) is 11.4. The van der Waals surface area contributed by atoms with E-state index in [1.807, 2.05) is 5.70 Å². The lowest BCUT2D eigenvalue weighted by Crippen LogP contribution is -2.27. The first-order valence-electron chi connectivity index (χ1n) is 3.80. The van der Waals surface area contributed by atoms with Crippen molar-refractivity contribution in [2.75, 3.05) is 0 Å². The highest BCUT2D eigenvalue weighted by Crippen LogP contribution is 2.20. The summed E-state index contributed by atoms with van der Waals surface area (Å²) in [6, 6.07) is 3.91. The molecule has 1 heteroatoms. The van der Waals surface area contributed by atoms with Gasteiger partial charge in [-0.25, -0.2) is 0 Å². The van der Waals surface area contributed by atoms with Crippen LogP contribution in [0.4, 0.5) is 0 Å². The van der Waals surface area contributed by atoms with Crippen molar-refractivity contribution in [1.82, 2.24) is 0 Å². The number of hydrogen-bond donors (Lipinski definition) is 0. The molecule has 0 N–H and O–H groups in total. The molecule has 53 valence electrons. The van der Waals surface area contributed by atoms with E-state index in [0.717, 1.165) is 0 Å². The summed E-state index contributed by atoms with van der Waals surface area (Å²) >= 11 is 0. The van der Waals surface area contributed by atoms with Gasteiger partial charge in [-0.2, -0.15) is 0 Å². The molecule has 9 heavy (non-hydrogen) atoms. The second-order valence-corrected chi connectivity index (χ2v) is 7.77. The van der Waals surface area contributed by atoms with E-state index in [-0.39, 0.29) is 0 Å². The molecule has 0 aromatic rings. The fourth-order valence-electron chi connectivity index (χ4n) is 1.10. The number of rotatable bonds is 4. The van der Waals surface area contributed by atoms with Crippen LogP contribution in [0.2, 0.25) is 18.1 Å². The van der Waals surface area contributed by atoms with E-state index in [1.54, 1.807) is 0 Å². The molecule has 0 atom stereocenters. The highest BCUT2D eigenvalue weighted by Gasteiger charge is 2.21. The largest absolute Gasteiger partial charge is 0.0943 e. The lowest BCUT2D eigenvalue weighted by molar-refractivity contribution is 1.19. The zero-order valence-corrected chi connectivity index (χ0v) is 7.78. The van der Waals surface area contributed by atoms with Gasteiger partial charge in [-0.1, -0.05) is 51.2 Å². The van der Waals surface area contributed by atoms with Crippen molar-refractivity contribution in [2.24, 2.45) is 0 Å². The smallest absolute Gasteiger partial charge is 0.0770 e. The molecule has 0 bridgehead atoms. The Kier molecular flexibility index (Phi) is 3.87. The Morgan fingerprint density at radius 1 is 1.11 bits per heavy atom. The zero-order valence-electron chi connectivity index (χ0n) is 6.78. The first-order chi connectivity index (χ1) is 4.24. The van der Waals surface area contributed by atoms with Gasteiger partial charge in [-0.15, -0.1) is 0 Å². The highest BCUT2D eigenvalue weighted by molar-refractivity contribution is 6.84. The minimum Gasteiger partial charge on any atom is -0.0943 e. The van der Waals surface area contributed by atoms with Gasteiger partial charge in [-0.3, -0.25) is 0 Å². The fourth-order valence-corrected chi connectivity index (χ4v) is 3.31. The Morgan fingerprint density at radius 3 is 1.44 bits per heavy atom. The molecule has 0 nitrogen and oxygen atoms in total. The predicted octanol–water partition coefficient (Wildman–Crippen LogP) is 3.02. The minimum absolute atomic E-state index is 1.04. The molecule has 1 radical (unpaired) electrons. The molecule has 0 unspecified atom stereocenters. The maximum absolute atomic E-state index is 5.58. The van der Waals surface area contributed by atoms with E-state index < -0.39 is 8.07 Å². The van der Waals surface area contributed by atoms with Crippen molar-refractivity contribution in [3.8, 4) is 0 Å². The average Bonchev–Trinajstić information content (AvgIpc) is 1.95. The van der Waals surface area contributed by atoms with Gasteiger partial charge >= 0.3 is 0 Å². The lowest BCUT2D eigenvalue weighted by atomic mass is 10.9. The standard InChI is InChI=1S/C8H17Si/c1-5-9(6-2,7-3)8-4/h1,5H,6-8H2,2-4H3. The van der Waals surface area contributed by atoms with Crippen molar-refractivity contribution in [2.45, 2.75) is 38.9 Å². The summed E-state index contributed by atoms with van der Waals surface area (Å²) in [5.41, 5.74) is 1.99. The first kappa shape index (κ1) is 8.96. The van der Waals surface area contributed by atoms with Crippen molar-refractivity contribution in [3.05, 3.63) is 12.3 Å². The van der Waals surface area contributed by atoms with Crippen LogP contribution >= 0.6 is 0 Å². The third-order valence-electron chi connectivity index (χ3n) is 2.47. The maximum atomic E-state index is 5.58. The van der Waals surface area contributed by atoms with Crippen molar-refractivity contribution < 1.29 is 0 Å². The molecule has 0 aromatic carbocycles. The van der Waals surface area contributed by atoms with Gasteiger partial charge in [0.2, 0.25) is 0 Å². The summed E-state index contributed by atoms with van der Waals surface area (Å²) in [6.45, 7) is 12.3. The molecular weight excluding hydrogens is 124 g/mol. The SMILES string of the molecule is [CH]=C[Si](CC)(CC)CC. The molecule has 0 aliphatic carbocycles. The van der Waals surface area contributed by atoms with Crippen LogP contribution in [0.3, 0.4) is 0 Å². The molecule has 0 aromatic heterocycles. The van der Waals surface area contributed by atoms with Gasteiger partial charge in [0.25, 0.3) is 0 Å². The van der Waals surface area contributed by atoms with Gasteiger partial charge in [0.05, 0.1) is 8.07 Å². The van der Waals surface area contributed by atoms with E-state index in [9.17, 15) is 0 Å². The third-order valence-corrected chi connectivity index (χ3v) is 7.40. The Morgan fingerprint density at radius 2 is 1.44 bits per heavy atom. The molecule has 0 amide bonds. The summed E-state index contributed by atoms with van der Waals surface area (Å²) in [6.07, 6.45) is 0. The van der Waals surface area contributed by atoms with E-state index in [1.165, 1.54) is 18.1 Å². The average molecular weight is 141 g/mol. The molecule has 0 aliphatic heterocycles. The second kappa shape index (κ2) is 3.88. The molecule has 0 rings (SSSR count). The van der Waals surface area contributed by atoms with E-state index in [4.69, 9.17) is 6.58 Å². The Labute approximate surface area is 60.0 Å². The minimum atomic E-state index is -1.04. The van der Waals surface area contributed by atoms with E-state index >= 15 is 0 Å². The van der Waals surface area contributed by atoms with Gasteiger partial charge in [0, 0.05) is 0 Å². The van der Waals surface area contributed by atoms with Crippen LogP contribution in [0.25, 0.3) is 0 Å². The van der Waals surface area contributed by atoms with Gasteiger partial charge in [-0.05, 0) is 0 Å². The Bertz CT molecular complexity index is 74.3. The maximum Gasteiger partial charge on any atom is 0.0770 e.